The first-order valence-electron chi connectivity index (χ1n) is 5.93. The van der Waals surface area contributed by atoms with Crippen LogP contribution >= 0.6 is 0 Å². The average Bonchev–Trinajstić information content (AvgIpc) is 2.30. The Morgan fingerprint density at radius 3 is 2.59 bits per heavy atom. The van der Waals surface area contributed by atoms with Gasteiger partial charge in [-0.2, -0.15) is 0 Å². The molecule has 1 rings (SSSR count). The monoisotopic (exact) mass is 240 g/mol. The molecule has 0 aliphatic rings. The van der Waals surface area contributed by atoms with E-state index in [1.54, 1.807) is 17.0 Å². The maximum Gasteiger partial charge on any atom is 0.347 e. The Balaban J connectivity index is 2.58. The Morgan fingerprint density at radius 1 is 1.35 bits per heavy atom. The van der Waals surface area contributed by atoms with E-state index >= 15 is 0 Å². The van der Waals surface area contributed by atoms with Crippen molar-refractivity contribution in [2.75, 3.05) is 13.2 Å². The highest BCUT2D eigenvalue weighted by Crippen LogP contribution is 2.03. The van der Waals surface area contributed by atoms with Gasteiger partial charge in [0, 0.05) is 38.6 Å². The molecule has 0 aromatic carbocycles. The van der Waals surface area contributed by atoms with Crippen LogP contribution in [-0.2, 0) is 16.0 Å². The minimum atomic E-state index is -0.252. The fraction of sp³-hybridized carbons (Fsp3) is 0.667. The van der Waals surface area contributed by atoms with Crippen LogP contribution in [0.3, 0.4) is 0 Å². The first-order valence-corrected chi connectivity index (χ1v) is 5.93. The second-order valence-corrected chi connectivity index (χ2v) is 3.74. The Labute approximate surface area is 101 Å². The van der Waals surface area contributed by atoms with Gasteiger partial charge < -0.3 is 9.47 Å². The highest BCUT2D eigenvalue weighted by molar-refractivity contribution is 4.99. The summed E-state index contributed by atoms with van der Waals surface area (Å²) in [6.07, 6.45) is 3.76. The van der Waals surface area contributed by atoms with Crippen LogP contribution in [0, 0.1) is 6.92 Å². The van der Waals surface area contributed by atoms with Crippen molar-refractivity contribution >= 4 is 0 Å². The summed E-state index contributed by atoms with van der Waals surface area (Å²) in [4.78, 5) is 15.2. The van der Waals surface area contributed by atoms with E-state index in [4.69, 9.17) is 9.47 Å². The van der Waals surface area contributed by atoms with Gasteiger partial charge in [0.15, 0.2) is 6.29 Å². The summed E-state index contributed by atoms with van der Waals surface area (Å²) >= 11 is 0. The molecular formula is C12H20N2O3. The van der Waals surface area contributed by atoms with Gasteiger partial charge in [-0.15, -0.1) is 0 Å². The van der Waals surface area contributed by atoms with Crippen molar-refractivity contribution in [2.24, 2.45) is 0 Å². The van der Waals surface area contributed by atoms with E-state index in [-0.39, 0.29) is 12.0 Å². The molecule has 17 heavy (non-hydrogen) atoms. The van der Waals surface area contributed by atoms with E-state index in [1.165, 1.54) is 0 Å². The predicted molar refractivity (Wildman–Crippen MR) is 64.9 cm³/mol. The summed E-state index contributed by atoms with van der Waals surface area (Å²) in [6, 6.07) is 0. The minimum Gasteiger partial charge on any atom is -0.353 e. The molecule has 96 valence electrons. The quantitative estimate of drug-likeness (QED) is 0.675. The molecule has 5 nitrogen and oxygen atoms in total. The highest BCUT2D eigenvalue weighted by Gasteiger charge is 2.08. The third-order valence-electron chi connectivity index (χ3n) is 2.29. The summed E-state index contributed by atoms with van der Waals surface area (Å²) in [5.74, 6) is 0. The molecule has 0 saturated carbocycles. The van der Waals surface area contributed by atoms with E-state index in [1.807, 2.05) is 20.8 Å². The molecular weight excluding hydrogens is 220 g/mol. The summed E-state index contributed by atoms with van der Waals surface area (Å²) in [5, 5.41) is 0. The molecule has 0 aliphatic heterocycles. The van der Waals surface area contributed by atoms with Gasteiger partial charge in [0.1, 0.15) is 0 Å². The number of ether oxygens (including phenoxy) is 2. The van der Waals surface area contributed by atoms with Gasteiger partial charge in [-0.05, 0) is 26.3 Å². The second-order valence-electron chi connectivity index (χ2n) is 3.74. The first kappa shape index (κ1) is 13.9. The van der Waals surface area contributed by atoms with Crippen LogP contribution in [0.1, 0.15) is 25.8 Å². The van der Waals surface area contributed by atoms with E-state index in [0.29, 0.717) is 26.2 Å². The molecule has 1 aromatic heterocycles. The molecule has 0 spiro atoms. The Bertz CT molecular complexity index is 384. The molecule has 0 fully saturated rings. The molecule has 1 heterocycles. The van der Waals surface area contributed by atoms with E-state index < -0.39 is 0 Å². The van der Waals surface area contributed by atoms with E-state index in [2.05, 4.69) is 4.98 Å². The molecule has 5 heteroatoms. The number of aromatic nitrogens is 2. The smallest absolute Gasteiger partial charge is 0.347 e. The van der Waals surface area contributed by atoms with Crippen molar-refractivity contribution in [2.45, 2.75) is 40.0 Å². The maximum absolute atomic E-state index is 11.5. The van der Waals surface area contributed by atoms with Crippen LogP contribution in [-0.4, -0.2) is 29.1 Å². The van der Waals surface area contributed by atoms with Crippen LogP contribution in [0.4, 0.5) is 0 Å². The third kappa shape index (κ3) is 4.66. The number of nitrogens with zero attached hydrogens (tertiary/aromatic N) is 2. The standard InChI is InChI=1S/C12H20N2O3/c1-4-16-11(17-5-2)6-7-14-9-10(3)8-13-12(14)15/h8-9,11H,4-7H2,1-3H3. The van der Waals surface area contributed by atoms with Crippen LogP contribution in [0.2, 0.25) is 0 Å². The lowest BCUT2D eigenvalue weighted by molar-refractivity contribution is -0.141. The lowest BCUT2D eigenvalue weighted by Gasteiger charge is -2.17. The molecule has 0 amide bonds. The Kier molecular flexibility index (Phi) is 5.86. The summed E-state index contributed by atoms with van der Waals surface area (Å²) in [7, 11) is 0. The topological polar surface area (TPSA) is 53.4 Å². The van der Waals surface area contributed by atoms with Gasteiger partial charge in [0.25, 0.3) is 0 Å². The van der Waals surface area contributed by atoms with Gasteiger partial charge in [0.2, 0.25) is 0 Å². The molecule has 0 N–H and O–H groups in total. The molecule has 0 unspecified atom stereocenters. The van der Waals surface area contributed by atoms with Crippen LogP contribution < -0.4 is 5.69 Å². The predicted octanol–water partition coefficient (Wildman–Crippen LogP) is 1.34. The zero-order valence-electron chi connectivity index (χ0n) is 10.7. The first-order chi connectivity index (χ1) is 8.17. The molecule has 0 aliphatic carbocycles. The van der Waals surface area contributed by atoms with E-state index in [9.17, 15) is 4.79 Å². The normalized spacial score (nSPS) is 11.1. The largest absolute Gasteiger partial charge is 0.353 e. The summed E-state index contributed by atoms with van der Waals surface area (Å²) in [5.41, 5.74) is 0.733. The maximum atomic E-state index is 11.5. The lowest BCUT2D eigenvalue weighted by Crippen LogP contribution is -2.26. The molecule has 0 saturated heterocycles. The van der Waals surface area contributed by atoms with Crippen LogP contribution in [0.25, 0.3) is 0 Å². The van der Waals surface area contributed by atoms with Crippen LogP contribution in [0.15, 0.2) is 17.2 Å². The van der Waals surface area contributed by atoms with Crippen molar-refractivity contribution in [3.05, 3.63) is 28.4 Å². The highest BCUT2D eigenvalue weighted by atomic mass is 16.7. The van der Waals surface area contributed by atoms with Crippen molar-refractivity contribution in [1.82, 2.24) is 9.55 Å². The summed E-state index contributed by atoms with van der Waals surface area (Å²) < 4.78 is 12.4. The second kappa shape index (κ2) is 7.19. The number of aryl methyl sites for hydroxylation is 2. The fourth-order valence-electron chi connectivity index (χ4n) is 1.56. The molecule has 0 atom stereocenters. The molecule has 0 radical (unpaired) electrons. The van der Waals surface area contributed by atoms with Crippen molar-refractivity contribution < 1.29 is 9.47 Å². The number of hydrogen-bond acceptors (Lipinski definition) is 4. The zero-order chi connectivity index (χ0) is 12.7. The van der Waals surface area contributed by atoms with Crippen molar-refractivity contribution in [1.29, 1.82) is 0 Å². The van der Waals surface area contributed by atoms with Gasteiger partial charge in [-0.25, -0.2) is 9.78 Å². The van der Waals surface area contributed by atoms with Crippen LogP contribution in [0.5, 0.6) is 0 Å². The van der Waals surface area contributed by atoms with Gasteiger partial charge in [-0.1, -0.05) is 0 Å². The Hall–Kier alpha value is -1.20. The van der Waals surface area contributed by atoms with Gasteiger partial charge in [-0.3, -0.25) is 4.57 Å². The molecule has 1 aromatic rings. The SMILES string of the molecule is CCOC(CCn1cc(C)cnc1=O)OCC. The number of hydrogen-bond donors (Lipinski definition) is 0. The fourth-order valence-corrected chi connectivity index (χ4v) is 1.56. The lowest BCUT2D eigenvalue weighted by atomic mass is 10.3. The third-order valence-corrected chi connectivity index (χ3v) is 2.29. The molecule has 0 bridgehead atoms. The zero-order valence-corrected chi connectivity index (χ0v) is 10.7. The van der Waals surface area contributed by atoms with Crippen molar-refractivity contribution in [3.8, 4) is 0 Å². The summed E-state index contributed by atoms with van der Waals surface area (Å²) in [6.45, 7) is 7.51. The number of rotatable bonds is 7. The van der Waals surface area contributed by atoms with Gasteiger partial charge >= 0.3 is 5.69 Å². The minimum absolute atomic E-state index is 0.234. The van der Waals surface area contributed by atoms with Crippen molar-refractivity contribution in [3.63, 3.8) is 0 Å². The van der Waals surface area contributed by atoms with Gasteiger partial charge in [0.05, 0.1) is 0 Å². The Morgan fingerprint density at radius 2 is 2.00 bits per heavy atom. The van der Waals surface area contributed by atoms with E-state index in [0.717, 1.165) is 5.56 Å². The average molecular weight is 240 g/mol.